The van der Waals surface area contributed by atoms with Crippen LogP contribution in [0.5, 0.6) is 0 Å². The maximum atomic E-state index is 11.7. The minimum Gasteiger partial charge on any atom is -0.493 e. The number of esters is 1. The first kappa shape index (κ1) is 14.4. The van der Waals surface area contributed by atoms with Crippen LogP contribution in [0.3, 0.4) is 0 Å². The molecule has 0 spiro atoms. The molecule has 1 aromatic heterocycles. The third-order valence-corrected chi connectivity index (χ3v) is 3.59. The molecule has 0 saturated carbocycles. The maximum Gasteiger partial charge on any atom is 0.377 e. The molecule has 1 aromatic rings. The fraction of sp³-hybridized carbons (Fsp3) is 0.385. The normalized spacial score (nSPS) is 15.3. The summed E-state index contributed by atoms with van der Waals surface area (Å²) in [7, 11) is 0. The van der Waals surface area contributed by atoms with Crippen LogP contribution in [-0.2, 0) is 23.8 Å². The topological polar surface area (TPSA) is 73.9 Å². The van der Waals surface area contributed by atoms with E-state index in [1.807, 2.05) is 24.4 Å². The Morgan fingerprint density at radius 2 is 2.35 bits per heavy atom. The number of thiophene rings is 1. The van der Waals surface area contributed by atoms with Gasteiger partial charge in [0.05, 0.1) is 6.04 Å². The van der Waals surface area contributed by atoms with E-state index in [-0.39, 0.29) is 24.3 Å². The molecule has 0 saturated heterocycles. The first-order chi connectivity index (χ1) is 9.66. The number of ether oxygens (including phenoxy) is 3. The van der Waals surface area contributed by atoms with Gasteiger partial charge in [-0.25, -0.2) is 4.79 Å². The van der Waals surface area contributed by atoms with Gasteiger partial charge in [0.15, 0.2) is 6.61 Å². The van der Waals surface area contributed by atoms with Gasteiger partial charge in [-0.1, -0.05) is 6.07 Å². The molecule has 2 heterocycles. The summed E-state index contributed by atoms with van der Waals surface area (Å²) in [5.41, 5.74) is 0. The molecular weight excluding hydrogens is 282 g/mol. The minimum absolute atomic E-state index is 0.0182. The van der Waals surface area contributed by atoms with E-state index in [2.05, 4.69) is 5.32 Å². The van der Waals surface area contributed by atoms with Crippen molar-refractivity contribution in [3.05, 3.63) is 34.4 Å². The lowest BCUT2D eigenvalue weighted by Gasteiger charge is -2.15. The van der Waals surface area contributed by atoms with Gasteiger partial charge in [-0.2, -0.15) is 0 Å². The predicted octanol–water partition coefficient (Wildman–Crippen LogP) is 1.36. The Kier molecular flexibility index (Phi) is 5.00. The van der Waals surface area contributed by atoms with Gasteiger partial charge in [0.25, 0.3) is 5.91 Å². The van der Waals surface area contributed by atoms with Crippen molar-refractivity contribution in [3.63, 3.8) is 0 Å². The standard InChI is InChI=1S/C13H15NO5S/c1-9(11-3-2-6-20-11)14-12(15)8-19-13(16)10-7-17-4-5-18-10/h2-3,6-7,9H,4-5,8H2,1H3,(H,14,15)/t9-/m1/s1. The van der Waals surface area contributed by atoms with E-state index in [9.17, 15) is 9.59 Å². The van der Waals surface area contributed by atoms with Gasteiger partial charge in [0.2, 0.25) is 5.76 Å². The summed E-state index contributed by atoms with van der Waals surface area (Å²) in [6.45, 7) is 2.21. The van der Waals surface area contributed by atoms with Crippen LogP contribution in [0.2, 0.25) is 0 Å². The highest BCUT2D eigenvalue weighted by Gasteiger charge is 2.18. The van der Waals surface area contributed by atoms with Gasteiger partial charge in [-0.15, -0.1) is 11.3 Å². The number of amides is 1. The van der Waals surface area contributed by atoms with Crippen molar-refractivity contribution in [1.82, 2.24) is 5.32 Å². The third-order valence-electron chi connectivity index (χ3n) is 2.53. The average molecular weight is 297 g/mol. The Bertz CT molecular complexity index is 497. The molecular formula is C13H15NO5S. The van der Waals surface area contributed by atoms with Gasteiger partial charge in [-0.3, -0.25) is 4.79 Å². The fourth-order valence-electron chi connectivity index (χ4n) is 1.57. The fourth-order valence-corrected chi connectivity index (χ4v) is 2.30. The lowest BCUT2D eigenvalue weighted by atomic mass is 10.3. The number of hydrogen-bond donors (Lipinski definition) is 1. The molecule has 1 aliphatic rings. The molecule has 0 fully saturated rings. The molecule has 1 N–H and O–H groups in total. The zero-order valence-corrected chi connectivity index (χ0v) is 11.8. The van der Waals surface area contributed by atoms with E-state index in [0.29, 0.717) is 13.2 Å². The Hall–Kier alpha value is -2.02. The molecule has 0 aliphatic carbocycles. The Morgan fingerprint density at radius 3 is 3.00 bits per heavy atom. The molecule has 0 aromatic carbocycles. The largest absolute Gasteiger partial charge is 0.493 e. The average Bonchev–Trinajstić information content (AvgIpc) is 3.00. The number of hydrogen-bond acceptors (Lipinski definition) is 6. The van der Waals surface area contributed by atoms with Crippen LogP contribution in [0.15, 0.2) is 29.5 Å². The van der Waals surface area contributed by atoms with Crippen LogP contribution in [0, 0.1) is 0 Å². The first-order valence-electron chi connectivity index (χ1n) is 6.11. The molecule has 1 aliphatic heterocycles. The number of carbonyl (C=O) groups is 2. The Morgan fingerprint density at radius 1 is 1.50 bits per heavy atom. The van der Waals surface area contributed by atoms with E-state index in [1.165, 1.54) is 6.26 Å². The van der Waals surface area contributed by atoms with Crippen molar-refractivity contribution >= 4 is 23.2 Å². The van der Waals surface area contributed by atoms with E-state index < -0.39 is 5.97 Å². The van der Waals surface area contributed by atoms with Crippen LogP contribution in [0.1, 0.15) is 17.8 Å². The second-order valence-electron chi connectivity index (χ2n) is 4.08. The summed E-state index contributed by atoms with van der Waals surface area (Å²) in [6, 6.07) is 3.73. The van der Waals surface area contributed by atoms with Gasteiger partial charge in [0.1, 0.15) is 19.5 Å². The molecule has 7 heteroatoms. The second kappa shape index (κ2) is 6.95. The highest BCUT2D eigenvalue weighted by Crippen LogP contribution is 2.17. The lowest BCUT2D eigenvalue weighted by molar-refractivity contribution is -0.149. The van der Waals surface area contributed by atoms with Crippen molar-refractivity contribution in [3.8, 4) is 0 Å². The van der Waals surface area contributed by atoms with E-state index >= 15 is 0 Å². The van der Waals surface area contributed by atoms with Crippen LogP contribution >= 0.6 is 11.3 Å². The van der Waals surface area contributed by atoms with Crippen molar-refractivity contribution in [1.29, 1.82) is 0 Å². The predicted molar refractivity (Wildman–Crippen MR) is 71.8 cm³/mol. The molecule has 1 atom stereocenters. The van der Waals surface area contributed by atoms with Crippen LogP contribution in [-0.4, -0.2) is 31.7 Å². The quantitative estimate of drug-likeness (QED) is 0.831. The second-order valence-corrected chi connectivity index (χ2v) is 5.06. The SMILES string of the molecule is C[C@@H](NC(=O)COC(=O)C1=COCCO1)c1cccs1. The highest BCUT2D eigenvalue weighted by molar-refractivity contribution is 7.10. The zero-order chi connectivity index (χ0) is 14.4. The number of carbonyl (C=O) groups excluding carboxylic acids is 2. The summed E-state index contributed by atoms with van der Waals surface area (Å²) in [5, 5.41) is 4.68. The molecule has 20 heavy (non-hydrogen) atoms. The van der Waals surface area contributed by atoms with Gasteiger partial charge in [-0.05, 0) is 18.4 Å². The van der Waals surface area contributed by atoms with E-state index in [1.54, 1.807) is 11.3 Å². The lowest BCUT2D eigenvalue weighted by Crippen LogP contribution is -2.31. The van der Waals surface area contributed by atoms with Crippen LogP contribution in [0.25, 0.3) is 0 Å². The number of nitrogens with one attached hydrogen (secondary N) is 1. The van der Waals surface area contributed by atoms with Gasteiger partial charge in [0, 0.05) is 4.88 Å². The summed E-state index contributed by atoms with van der Waals surface area (Å²) < 4.78 is 14.8. The Labute approximate surface area is 120 Å². The minimum atomic E-state index is -0.705. The Balaban J connectivity index is 1.75. The van der Waals surface area contributed by atoms with Crippen molar-refractivity contribution in [2.24, 2.45) is 0 Å². The van der Waals surface area contributed by atoms with Crippen LogP contribution in [0.4, 0.5) is 0 Å². The third kappa shape index (κ3) is 3.99. The first-order valence-corrected chi connectivity index (χ1v) is 6.99. The van der Waals surface area contributed by atoms with E-state index in [4.69, 9.17) is 14.2 Å². The van der Waals surface area contributed by atoms with E-state index in [0.717, 1.165) is 4.88 Å². The summed E-state index contributed by atoms with van der Waals surface area (Å²) in [5.74, 6) is -1.09. The van der Waals surface area contributed by atoms with Crippen molar-refractivity contribution in [2.45, 2.75) is 13.0 Å². The van der Waals surface area contributed by atoms with Gasteiger partial charge < -0.3 is 19.5 Å². The van der Waals surface area contributed by atoms with Gasteiger partial charge >= 0.3 is 5.97 Å². The maximum absolute atomic E-state index is 11.7. The summed E-state index contributed by atoms with van der Waals surface area (Å²) in [6.07, 6.45) is 1.19. The monoisotopic (exact) mass is 297 g/mol. The van der Waals surface area contributed by atoms with Crippen LogP contribution < -0.4 is 5.32 Å². The number of rotatable bonds is 5. The summed E-state index contributed by atoms with van der Waals surface area (Å²) in [4.78, 5) is 24.2. The molecule has 0 unspecified atom stereocenters. The molecule has 6 nitrogen and oxygen atoms in total. The molecule has 1 amide bonds. The molecule has 2 rings (SSSR count). The smallest absolute Gasteiger partial charge is 0.377 e. The molecule has 0 bridgehead atoms. The highest BCUT2D eigenvalue weighted by atomic mass is 32.1. The van der Waals surface area contributed by atoms with Crippen molar-refractivity contribution in [2.75, 3.05) is 19.8 Å². The molecule has 108 valence electrons. The molecule has 0 radical (unpaired) electrons. The summed E-state index contributed by atoms with van der Waals surface area (Å²) >= 11 is 1.55. The van der Waals surface area contributed by atoms with Crippen molar-refractivity contribution < 1.29 is 23.8 Å². The zero-order valence-electron chi connectivity index (χ0n) is 11.0.